The van der Waals surface area contributed by atoms with Crippen LogP contribution in [0.2, 0.25) is 0 Å². The van der Waals surface area contributed by atoms with E-state index in [1.54, 1.807) is 29.5 Å². The van der Waals surface area contributed by atoms with E-state index in [1.807, 2.05) is 91.8 Å². The van der Waals surface area contributed by atoms with Crippen molar-refractivity contribution in [2.24, 2.45) is 5.92 Å². The van der Waals surface area contributed by atoms with Crippen molar-refractivity contribution in [2.75, 3.05) is 19.6 Å². The van der Waals surface area contributed by atoms with Gasteiger partial charge >= 0.3 is 0 Å². The number of thiazole rings is 1. The number of rotatable bonds is 10. The minimum atomic E-state index is -0.825. The summed E-state index contributed by atoms with van der Waals surface area (Å²) in [5, 5.41) is 38.8. The zero-order valence-electron chi connectivity index (χ0n) is 34.0. The van der Waals surface area contributed by atoms with E-state index in [0.717, 1.165) is 43.7 Å². The zero-order chi connectivity index (χ0) is 42.4. The molecule has 3 aromatic carbocycles. The van der Waals surface area contributed by atoms with Crippen molar-refractivity contribution in [3.8, 4) is 27.4 Å². The highest BCUT2D eigenvalue weighted by Crippen LogP contribution is 2.36. The van der Waals surface area contributed by atoms with Crippen molar-refractivity contribution in [1.82, 2.24) is 40.4 Å². The molecule has 3 atom stereocenters. The number of nitrogens with one attached hydrogen (secondary N) is 2. The molecule has 0 spiro atoms. The summed E-state index contributed by atoms with van der Waals surface area (Å²) in [6.07, 6.45) is 0.659. The number of phenolic OH excluding ortho intramolecular Hbond substituents is 1. The first kappa shape index (κ1) is 40.0. The van der Waals surface area contributed by atoms with Gasteiger partial charge in [0.05, 0.1) is 33.6 Å². The van der Waals surface area contributed by atoms with E-state index in [0.29, 0.717) is 54.2 Å². The smallest absolute Gasteiger partial charge is 0.253 e. The highest BCUT2D eigenvalue weighted by Gasteiger charge is 2.43. The quantitative estimate of drug-likeness (QED) is 0.112. The van der Waals surface area contributed by atoms with Crippen molar-refractivity contribution in [2.45, 2.75) is 70.6 Å². The SMILES string of the molecule is Cc1ncsc1-c1ccc(CNC(=O)[C@@H]2C[C@@H](O)CN2C(=O)[C@H](c2cc(C3CCN(C(=O)c4ccc5[nH]c6nnc(-c7ccccc7O)cc6c5c4)CC3)no2)C(C)C)cc1. The number of fused-ring (bicyclic) bond motifs is 3. The molecule has 2 aliphatic rings. The monoisotopic (exact) mass is 838 g/mol. The number of carbonyl (C=O) groups is 3. The van der Waals surface area contributed by atoms with E-state index in [4.69, 9.17) is 4.52 Å². The molecule has 0 bridgehead atoms. The summed E-state index contributed by atoms with van der Waals surface area (Å²) in [6, 6.07) is 23.4. The predicted molar refractivity (Wildman–Crippen MR) is 231 cm³/mol. The predicted octanol–water partition coefficient (Wildman–Crippen LogP) is 6.94. The Bertz CT molecular complexity index is 2750. The fourth-order valence-corrected chi connectivity index (χ4v) is 9.54. The van der Waals surface area contributed by atoms with Crippen LogP contribution in [0, 0.1) is 12.8 Å². The molecule has 0 unspecified atom stereocenters. The Morgan fingerprint density at radius 3 is 2.51 bits per heavy atom. The van der Waals surface area contributed by atoms with Crippen molar-refractivity contribution in [3.05, 3.63) is 113 Å². The second-order valence-electron chi connectivity index (χ2n) is 16.4. The largest absolute Gasteiger partial charge is 0.507 e. The normalized spacial score (nSPS) is 17.7. The van der Waals surface area contributed by atoms with Gasteiger partial charge in [-0.1, -0.05) is 55.4 Å². The minimum absolute atomic E-state index is 0.0270. The lowest BCUT2D eigenvalue weighted by molar-refractivity contribution is -0.141. The van der Waals surface area contributed by atoms with E-state index in [1.165, 1.54) is 4.90 Å². The van der Waals surface area contributed by atoms with Crippen LogP contribution in [-0.4, -0.2) is 94.8 Å². The molecular weight excluding hydrogens is 793 g/mol. The van der Waals surface area contributed by atoms with Gasteiger partial charge in [-0.25, -0.2) is 4.98 Å². The van der Waals surface area contributed by atoms with E-state index < -0.39 is 18.1 Å². The first-order valence-electron chi connectivity index (χ1n) is 20.6. The molecular formula is C46H46N8O6S. The third kappa shape index (κ3) is 7.86. The molecule has 4 N–H and O–H groups in total. The Balaban J connectivity index is 0.838. The number of aromatic amines is 1. The zero-order valence-corrected chi connectivity index (χ0v) is 34.9. The van der Waals surface area contributed by atoms with Gasteiger partial charge in [0.2, 0.25) is 11.8 Å². The summed E-state index contributed by atoms with van der Waals surface area (Å²) in [6.45, 7) is 7.22. The molecule has 0 radical (unpaired) electrons. The van der Waals surface area contributed by atoms with Gasteiger partial charge in [-0.05, 0) is 73.2 Å². The number of para-hydroxylation sites is 1. The Labute approximate surface area is 355 Å². The standard InChI is InChI=1S/C46H46N8O6S/c1-25(2)41(46(59)54-23-31(55)19-38(54)44(57)47-22-27-8-10-29(11-9-27)42-26(3)48-24-61-42)40-21-36(52-60-40)28-14-16-53(17-15-28)45(58)30-12-13-35-33(18-30)34-20-37(50-51-43(34)49-35)32-6-4-5-7-39(32)56/h4-13,18,20-21,24-25,28,31,38,41,55-56H,14-17,19,22-23H2,1-3H3,(H,47,57)(H,49,51)/t31-,38+,41+/m1/s1. The van der Waals surface area contributed by atoms with Crippen molar-refractivity contribution >= 4 is 51.0 Å². The van der Waals surface area contributed by atoms with Crippen molar-refractivity contribution in [1.29, 1.82) is 0 Å². The van der Waals surface area contributed by atoms with Gasteiger partial charge in [-0.3, -0.25) is 14.4 Å². The summed E-state index contributed by atoms with van der Waals surface area (Å²) >= 11 is 1.58. The molecule has 7 aromatic rings. The molecule has 0 aliphatic carbocycles. The van der Waals surface area contributed by atoms with Gasteiger partial charge < -0.3 is 34.8 Å². The number of β-amino-alcohol motifs (C(OH)–C–C–N with tert-alkyl or cyclic N) is 1. The lowest BCUT2D eigenvalue weighted by Crippen LogP contribution is -2.48. The first-order valence-corrected chi connectivity index (χ1v) is 21.5. The van der Waals surface area contributed by atoms with Gasteiger partial charge in [0, 0.05) is 72.0 Å². The van der Waals surface area contributed by atoms with E-state index in [2.05, 4.69) is 30.6 Å². The molecule has 61 heavy (non-hydrogen) atoms. The highest BCUT2D eigenvalue weighted by molar-refractivity contribution is 7.13. The maximum absolute atomic E-state index is 14.2. The van der Waals surface area contributed by atoms with E-state index in [-0.39, 0.29) is 54.8 Å². The van der Waals surface area contributed by atoms with Crippen LogP contribution in [-0.2, 0) is 16.1 Å². The van der Waals surface area contributed by atoms with Gasteiger partial charge in [0.15, 0.2) is 5.65 Å². The molecule has 14 nitrogen and oxygen atoms in total. The summed E-state index contributed by atoms with van der Waals surface area (Å²) < 4.78 is 5.88. The van der Waals surface area contributed by atoms with Gasteiger partial charge in [-0.15, -0.1) is 21.5 Å². The van der Waals surface area contributed by atoms with Crippen LogP contribution in [0.4, 0.5) is 0 Å². The van der Waals surface area contributed by atoms with Crippen molar-refractivity contribution < 1.29 is 29.1 Å². The average molecular weight is 839 g/mol. The highest BCUT2D eigenvalue weighted by atomic mass is 32.1. The number of H-pyrrole nitrogens is 1. The average Bonchev–Trinajstić information content (AvgIpc) is 4.09. The molecule has 2 saturated heterocycles. The third-order valence-corrected chi connectivity index (χ3v) is 13.0. The number of piperidine rings is 1. The number of benzene rings is 3. The van der Waals surface area contributed by atoms with Gasteiger partial charge in [0.1, 0.15) is 23.5 Å². The van der Waals surface area contributed by atoms with Crippen LogP contribution in [0.1, 0.15) is 78.0 Å². The van der Waals surface area contributed by atoms with Crippen LogP contribution >= 0.6 is 11.3 Å². The first-order chi connectivity index (χ1) is 29.5. The lowest BCUT2D eigenvalue weighted by atomic mass is 9.89. The number of carbonyl (C=O) groups excluding carboxylic acids is 3. The molecule has 312 valence electrons. The molecule has 2 fully saturated rings. The Kier molecular flexibility index (Phi) is 10.8. The molecule has 9 rings (SSSR count). The molecule has 4 aromatic heterocycles. The number of aryl methyl sites for hydroxylation is 1. The number of likely N-dealkylation sites (tertiary alicyclic amines) is 2. The number of hydrogen-bond donors (Lipinski definition) is 4. The molecule has 2 aliphatic heterocycles. The van der Waals surface area contributed by atoms with Crippen LogP contribution in [0.15, 0.2) is 88.9 Å². The second-order valence-corrected chi connectivity index (χ2v) is 17.3. The number of aliphatic hydroxyl groups excluding tert-OH is 1. The number of phenols is 1. The summed E-state index contributed by atoms with van der Waals surface area (Å²) in [5.41, 5.74) is 8.60. The topological polar surface area (TPSA) is 191 Å². The van der Waals surface area contributed by atoms with Crippen LogP contribution in [0.25, 0.3) is 43.6 Å². The molecule has 0 saturated carbocycles. The fourth-order valence-electron chi connectivity index (χ4n) is 8.73. The summed E-state index contributed by atoms with van der Waals surface area (Å²) in [5.74, 6) is -0.988. The Morgan fingerprint density at radius 1 is 0.984 bits per heavy atom. The maximum Gasteiger partial charge on any atom is 0.253 e. The van der Waals surface area contributed by atoms with Crippen molar-refractivity contribution in [3.63, 3.8) is 0 Å². The number of amides is 3. The lowest BCUT2D eigenvalue weighted by Gasteiger charge is -2.31. The Hall–Kier alpha value is -6.45. The van der Waals surface area contributed by atoms with Crippen LogP contribution in [0.3, 0.4) is 0 Å². The van der Waals surface area contributed by atoms with Gasteiger partial charge in [-0.2, -0.15) is 0 Å². The number of nitrogens with zero attached hydrogens (tertiary/aromatic N) is 6. The van der Waals surface area contributed by atoms with Crippen LogP contribution in [0.5, 0.6) is 5.75 Å². The number of aliphatic hydroxyl groups is 1. The second kappa shape index (κ2) is 16.5. The maximum atomic E-state index is 14.2. The molecule has 6 heterocycles. The third-order valence-electron chi connectivity index (χ3n) is 12.1. The fraction of sp³-hybridized carbons (Fsp3) is 0.326. The summed E-state index contributed by atoms with van der Waals surface area (Å²) in [7, 11) is 0. The molecule has 3 amide bonds. The summed E-state index contributed by atoms with van der Waals surface area (Å²) in [4.78, 5) is 53.7. The van der Waals surface area contributed by atoms with E-state index in [9.17, 15) is 24.6 Å². The van der Waals surface area contributed by atoms with Crippen LogP contribution < -0.4 is 5.32 Å². The van der Waals surface area contributed by atoms with E-state index >= 15 is 0 Å². The minimum Gasteiger partial charge on any atom is -0.507 e. The number of aromatic nitrogens is 5. The number of aromatic hydroxyl groups is 1. The molecule has 15 heteroatoms. The number of hydrogen-bond acceptors (Lipinski definition) is 11. The Morgan fingerprint density at radius 2 is 1.77 bits per heavy atom. The van der Waals surface area contributed by atoms with Gasteiger partial charge in [0.25, 0.3) is 5.91 Å².